The van der Waals surface area contributed by atoms with Gasteiger partial charge in [-0.1, -0.05) is 13.0 Å². The number of aromatic nitrogens is 4. The van der Waals surface area contributed by atoms with E-state index in [-0.39, 0.29) is 17.6 Å². The fraction of sp³-hybridized carbons (Fsp3) is 0.353. The molecule has 2 unspecified atom stereocenters. The van der Waals surface area contributed by atoms with Gasteiger partial charge in [-0.25, -0.2) is 24.0 Å². The van der Waals surface area contributed by atoms with Gasteiger partial charge in [0.1, 0.15) is 16.9 Å². The third-order valence-corrected chi connectivity index (χ3v) is 5.63. The van der Waals surface area contributed by atoms with Gasteiger partial charge in [-0.3, -0.25) is 0 Å². The van der Waals surface area contributed by atoms with Crippen molar-refractivity contribution >= 4 is 23.5 Å². The number of H-pyrrole nitrogens is 1. The smallest absolute Gasteiger partial charge is 0.391 e. The Kier molecular flexibility index (Phi) is 5.73. The molecule has 0 spiro atoms. The Morgan fingerprint density at radius 3 is 2.74 bits per heavy atom. The van der Waals surface area contributed by atoms with Crippen LogP contribution >= 0.6 is 23.5 Å². The van der Waals surface area contributed by atoms with Gasteiger partial charge in [0.25, 0.3) is 0 Å². The summed E-state index contributed by atoms with van der Waals surface area (Å²) < 4.78 is 24.6. The minimum Gasteiger partial charge on any atom is -0.391 e. The van der Waals surface area contributed by atoms with Crippen LogP contribution in [0, 0.1) is 19.7 Å². The molecule has 0 amide bonds. The SMILES string of the molecule is Cc1ccc(F)c(C(C)C(NSc2cn(C)c(Cl)n2)c2n[nH]c(=O)o2)c1C. The van der Waals surface area contributed by atoms with Crippen LogP contribution in [0.1, 0.15) is 41.5 Å². The summed E-state index contributed by atoms with van der Waals surface area (Å²) in [6.45, 7) is 5.64. The summed E-state index contributed by atoms with van der Waals surface area (Å²) in [7, 11) is 1.78. The molecular formula is C17H19ClFN5O2S. The Morgan fingerprint density at radius 2 is 2.15 bits per heavy atom. The molecule has 0 aliphatic heterocycles. The summed E-state index contributed by atoms with van der Waals surface area (Å²) in [4.78, 5) is 15.6. The predicted molar refractivity (Wildman–Crippen MR) is 101 cm³/mol. The van der Waals surface area contributed by atoms with E-state index in [9.17, 15) is 9.18 Å². The summed E-state index contributed by atoms with van der Waals surface area (Å²) in [5, 5.41) is 7.14. The molecule has 27 heavy (non-hydrogen) atoms. The quantitative estimate of drug-likeness (QED) is 0.602. The van der Waals surface area contributed by atoms with Gasteiger partial charge in [0.05, 0.1) is 0 Å². The first-order valence-corrected chi connectivity index (χ1v) is 9.39. The largest absolute Gasteiger partial charge is 0.434 e. The summed E-state index contributed by atoms with van der Waals surface area (Å²) in [6, 6.07) is 2.60. The van der Waals surface area contributed by atoms with Gasteiger partial charge in [-0.15, -0.1) is 5.10 Å². The molecule has 0 fully saturated rings. The molecule has 0 bridgehead atoms. The summed E-state index contributed by atoms with van der Waals surface area (Å²) in [5.41, 5.74) is 2.36. The lowest BCUT2D eigenvalue weighted by molar-refractivity contribution is 0.384. The molecule has 2 atom stereocenters. The Labute approximate surface area is 164 Å². The summed E-state index contributed by atoms with van der Waals surface area (Å²) >= 11 is 7.17. The number of hydrogen-bond acceptors (Lipinski definition) is 6. The number of rotatable bonds is 6. The zero-order chi connectivity index (χ0) is 19.7. The molecule has 2 heterocycles. The Hall–Kier alpha value is -2.10. The van der Waals surface area contributed by atoms with Crippen molar-refractivity contribution in [2.24, 2.45) is 7.05 Å². The minimum atomic E-state index is -0.670. The predicted octanol–water partition coefficient (Wildman–Crippen LogP) is 3.65. The number of aromatic amines is 1. The van der Waals surface area contributed by atoms with Crippen molar-refractivity contribution in [3.05, 3.63) is 62.6 Å². The maximum Gasteiger partial charge on any atom is 0.434 e. The molecule has 0 saturated carbocycles. The fourth-order valence-electron chi connectivity index (χ4n) is 2.86. The number of hydrogen-bond donors (Lipinski definition) is 2. The van der Waals surface area contributed by atoms with Gasteiger partial charge in [0, 0.05) is 19.2 Å². The standard InChI is InChI=1S/C17H19ClFN5O2S/c1-8-5-6-11(19)13(9(8)2)10(3)14(15-21-22-17(25)26-15)23-27-12-7-24(4)16(18)20-12/h5-7,10,14,23H,1-4H3,(H,22,25). The topological polar surface area (TPSA) is 88.7 Å². The zero-order valence-corrected chi connectivity index (χ0v) is 16.8. The molecule has 0 aliphatic carbocycles. The third kappa shape index (κ3) is 4.10. The van der Waals surface area contributed by atoms with Crippen LogP contribution in [-0.2, 0) is 7.05 Å². The second-order valence-electron chi connectivity index (χ2n) is 6.30. The number of benzene rings is 1. The van der Waals surface area contributed by atoms with E-state index in [2.05, 4.69) is 19.9 Å². The molecule has 0 aliphatic rings. The highest BCUT2D eigenvalue weighted by atomic mass is 35.5. The van der Waals surface area contributed by atoms with Crippen LogP contribution in [0.15, 0.2) is 32.6 Å². The van der Waals surface area contributed by atoms with Crippen LogP contribution in [0.25, 0.3) is 0 Å². The highest BCUT2D eigenvalue weighted by Gasteiger charge is 2.29. The number of nitrogens with zero attached hydrogens (tertiary/aromatic N) is 3. The molecule has 1 aromatic carbocycles. The molecule has 0 radical (unpaired) electrons. The summed E-state index contributed by atoms with van der Waals surface area (Å²) in [5.74, 6) is -1.22. The van der Waals surface area contributed by atoms with E-state index in [0.717, 1.165) is 11.1 Å². The van der Waals surface area contributed by atoms with Gasteiger partial charge in [-0.2, -0.15) is 0 Å². The molecule has 7 nitrogen and oxygen atoms in total. The van der Waals surface area contributed by atoms with E-state index >= 15 is 0 Å². The van der Waals surface area contributed by atoms with Crippen LogP contribution < -0.4 is 10.5 Å². The second-order valence-corrected chi connectivity index (χ2v) is 7.50. The van der Waals surface area contributed by atoms with E-state index in [1.807, 2.05) is 20.8 Å². The minimum absolute atomic E-state index is 0.141. The number of halogens is 2. The van der Waals surface area contributed by atoms with Gasteiger partial charge in [-0.05, 0) is 60.2 Å². The van der Waals surface area contributed by atoms with Crippen LogP contribution in [0.5, 0.6) is 0 Å². The van der Waals surface area contributed by atoms with Crippen LogP contribution in [0.2, 0.25) is 5.28 Å². The molecule has 2 N–H and O–H groups in total. The Bertz CT molecular complexity index is 996. The average Bonchev–Trinajstić information content (AvgIpc) is 3.17. The van der Waals surface area contributed by atoms with Crippen molar-refractivity contribution in [3.8, 4) is 0 Å². The number of aryl methyl sites for hydroxylation is 2. The number of imidazole rings is 1. The maximum absolute atomic E-state index is 14.6. The van der Waals surface area contributed by atoms with Gasteiger partial charge in [0.2, 0.25) is 11.2 Å². The van der Waals surface area contributed by atoms with Crippen molar-refractivity contribution in [2.75, 3.05) is 0 Å². The fourth-order valence-corrected chi connectivity index (χ4v) is 3.95. The normalized spacial score (nSPS) is 13.7. The maximum atomic E-state index is 14.6. The number of nitrogens with one attached hydrogen (secondary N) is 2. The van der Waals surface area contributed by atoms with Crippen molar-refractivity contribution < 1.29 is 8.81 Å². The highest BCUT2D eigenvalue weighted by molar-refractivity contribution is 7.97. The molecule has 0 saturated heterocycles. The molecule has 3 aromatic rings. The van der Waals surface area contributed by atoms with Crippen molar-refractivity contribution in [3.63, 3.8) is 0 Å². The van der Waals surface area contributed by atoms with Crippen molar-refractivity contribution in [1.82, 2.24) is 24.5 Å². The first kappa shape index (κ1) is 19.7. The van der Waals surface area contributed by atoms with E-state index < -0.39 is 11.8 Å². The van der Waals surface area contributed by atoms with E-state index in [0.29, 0.717) is 15.9 Å². The monoisotopic (exact) mass is 411 g/mol. The highest BCUT2D eigenvalue weighted by Crippen LogP contribution is 2.36. The Balaban J connectivity index is 1.95. The summed E-state index contributed by atoms with van der Waals surface area (Å²) in [6.07, 6.45) is 1.75. The molecule has 10 heteroatoms. The lowest BCUT2D eigenvalue weighted by Gasteiger charge is -2.24. The second kappa shape index (κ2) is 7.87. The third-order valence-electron chi connectivity index (χ3n) is 4.50. The van der Waals surface area contributed by atoms with Gasteiger partial charge in [0.15, 0.2) is 0 Å². The van der Waals surface area contributed by atoms with Crippen LogP contribution in [-0.4, -0.2) is 19.7 Å². The van der Waals surface area contributed by atoms with Gasteiger partial charge >= 0.3 is 5.76 Å². The lowest BCUT2D eigenvalue weighted by Crippen LogP contribution is -2.23. The van der Waals surface area contributed by atoms with E-state index in [4.69, 9.17) is 16.0 Å². The zero-order valence-electron chi connectivity index (χ0n) is 15.2. The lowest BCUT2D eigenvalue weighted by atomic mass is 9.88. The van der Waals surface area contributed by atoms with Gasteiger partial charge < -0.3 is 8.98 Å². The van der Waals surface area contributed by atoms with E-state index in [1.165, 1.54) is 18.0 Å². The van der Waals surface area contributed by atoms with Crippen LogP contribution in [0.4, 0.5) is 4.39 Å². The molecule has 3 rings (SSSR count). The van der Waals surface area contributed by atoms with Crippen molar-refractivity contribution in [2.45, 2.75) is 37.8 Å². The average molecular weight is 412 g/mol. The molecular weight excluding hydrogens is 393 g/mol. The Morgan fingerprint density at radius 1 is 1.41 bits per heavy atom. The first-order valence-electron chi connectivity index (χ1n) is 8.20. The molecule has 144 valence electrons. The molecule has 2 aromatic heterocycles. The van der Waals surface area contributed by atoms with Crippen LogP contribution in [0.3, 0.4) is 0 Å². The van der Waals surface area contributed by atoms with Crippen molar-refractivity contribution in [1.29, 1.82) is 0 Å². The van der Waals surface area contributed by atoms with E-state index in [1.54, 1.807) is 23.9 Å². The first-order chi connectivity index (χ1) is 12.8.